The van der Waals surface area contributed by atoms with Gasteiger partial charge in [-0.25, -0.2) is 4.85 Å². The van der Waals surface area contributed by atoms with Crippen molar-refractivity contribution in [3.8, 4) is 11.3 Å². The van der Waals surface area contributed by atoms with Gasteiger partial charge in [-0.2, -0.15) is 8.75 Å². The van der Waals surface area contributed by atoms with Crippen LogP contribution in [-0.2, 0) is 6.61 Å². The largest absolute Gasteiger partial charge is 0.390 e. The molecule has 2 rings (SSSR count). The van der Waals surface area contributed by atoms with E-state index in [2.05, 4.69) is 13.6 Å². The lowest BCUT2D eigenvalue weighted by Crippen LogP contribution is -1.87. The lowest BCUT2D eigenvalue weighted by Gasteiger charge is -1.98. The first-order valence-electron chi connectivity index (χ1n) is 4.25. The third-order valence-electron chi connectivity index (χ3n) is 1.98. The summed E-state index contributed by atoms with van der Waals surface area (Å²) in [5.41, 5.74) is 2.74. The number of aliphatic hydroxyl groups excluding tert-OH is 1. The van der Waals surface area contributed by atoms with Crippen molar-refractivity contribution in [1.29, 1.82) is 0 Å². The van der Waals surface area contributed by atoms with Crippen molar-refractivity contribution in [1.82, 2.24) is 8.75 Å². The third-order valence-corrected chi connectivity index (χ3v) is 2.54. The second kappa shape index (κ2) is 4.17. The zero-order chi connectivity index (χ0) is 10.7. The summed E-state index contributed by atoms with van der Waals surface area (Å²) in [5, 5.41) is 9.03. The van der Waals surface area contributed by atoms with E-state index in [0.717, 1.165) is 17.3 Å². The average molecular weight is 217 g/mol. The predicted octanol–water partition coefficient (Wildman–Crippen LogP) is 2.25. The number of hydrogen-bond acceptors (Lipinski definition) is 4. The van der Waals surface area contributed by atoms with Gasteiger partial charge in [0.05, 0.1) is 24.9 Å². The van der Waals surface area contributed by atoms with Gasteiger partial charge in [0.1, 0.15) is 11.4 Å². The molecule has 0 saturated heterocycles. The molecule has 0 bridgehead atoms. The van der Waals surface area contributed by atoms with Crippen LogP contribution in [0.4, 0.5) is 5.69 Å². The third kappa shape index (κ3) is 1.86. The van der Waals surface area contributed by atoms with Crippen LogP contribution in [0.2, 0.25) is 0 Å². The number of benzene rings is 1. The van der Waals surface area contributed by atoms with Crippen LogP contribution in [0.15, 0.2) is 24.3 Å². The summed E-state index contributed by atoms with van der Waals surface area (Å²) in [7, 11) is 0. The van der Waals surface area contributed by atoms with Gasteiger partial charge in [0, 0.05) is 5.56 Å². The highest BCUT2D eigenvalue weighted by Gasteiger charge is 2.08. The molecule has 0 aliphatic carbocycles. The Morgan fingerprint density at radius 2 is 2.00 bits per heavy atom. The van der Waals surface area contributed by atoms with Crippen molar-refractivity contribution in [2.45, 2.75) is 6.61 Å². The summed E-state index contributed by atoms with van der Waals surface area (Å²) in [5.74, 6) is 0. The maximum Gasteiger partial charge on any atom is 0.187 e. The minimum absolute atomic E-state index is 0.115. The van der Waals surface area contributed by atoms with E-state index in [9.17, 15) is 0 Å². The molecule has 0 saturated carbocycles. The molecule has 2 aromatic rings. The monoisotopic (exact) mass is 217 g/mol. The van der Waals surface area contributed by atoms with E-state index in [0.29, 0.717) is 17.1 Å². The molecule has 0 aliphatic heterocycles. The SMILES string of the molecule is [C-]#[N+]c1ccc(-c2nsnc2CO)cc1. The van der Waals surface area contributed by atoms with Crippen LogP contribution in [0.1, 0.15) is 5.69 Å². The van der Waals surface area contributed by atoms with Crippen LogP contribution in [0.25, 0.3) is 16.1 Å². The molecule has 0 amide bonds. The molecule has 4 nitrogen and oxygen atoms in total. The van der Waals surface area contributed by atoms with Crippen LogP contribution >= 0.6 is 11.7 Å². The number of nitrogens with zero attached hydrogens (tertiary/aromatic N) is 3. The van der Waals surface area contributed by atoms with E-state index in [1.807, 2.05) is 12.1 Å². The molecular weight excluding hydrogens is 210 g/mol. The minimum Gasteiger partial charge on any atom is -0.390 e. The summed E-state index contributed by atoms with van der Waals surface area (Å²) < 4.78 is 8.08. The van der Waals surface area contributed by atoms with Gasteiger partial charge in [0.2, 0.25) is 0 Å². The van der Waals surface area contributed by atoms with Crippen molar-refractivity contribution in [3.63, 3.8) is 0 Å². The summed E-state index contributed by atoms with van der Waals surface area (Å²) in [6, 6.07) is 7.07. The Hall–Kier alpha value is -1.77. The highest BCUT2D eigenvalue weighted by molar-refractivity contribution is 6.99. The fraction of sp³-hybridized carbons (Fsp3) is 0.100. The first-order chi connectivity index (χ1) is 7.35. The molecule has 0 aliphatic rings. The number of hydrogen-bond donors (Lipinski definition) is 1. The molecule has 1 N–H and O–H groups in total. The number of aromatic nitrogens is 2. The van der Waals surface area contributed by atoms with E-state index >= 15 is 0 Å². The van der Waals surface area contributed by atoms with Crippen LogP contribution in [0.3, 0.4) is 0 Å². The van der Waals surface area contributed by atoms with Crippen LogP contribution in [0, 0.1) is 6.57 Å². The maximum atomic E-state index is 9.03. The van der Waals surface area contributed by atoms with Gasteiger partial charge in [-0.15, -0.1) is 0 Å². The van der Waals surface area contributed by atoms with Crippen molar-refractivity contribution in [2.24, 2.45) is 0 Å². The van der Waals surface area contributed by atoms with Gasteiger partial charge in [-0.3, -0.25) is 0 Å². The number of rotatable bonds is 2. The first kappa shape index (κ1) is 9.77. The van der Waals surface area contributed by atoms with Crippen molar-refractivity contribution in [3.05, 3.63) is 41.4 Å². The summed E-state index contributed by atoms with van der Waals surface area (Å²) in [6.45, 7) is 6.71. The Kier molecular flexibility index (Phi) is 2.72. The molecular formula is C10H7N3OS. The van der Waals surface area contributed by atoms with Crippen LogP contribution < -0.4 is 0 Å². The predicted molar refractivity (Wildman–Crippen MR) is 57.5 cm³/mol. The molecule has 0 atom stereocenters. The fourth-order valence-corrected chi connectivity index (χ4v) is 1.80. The van der Waals surface area contributed by atoms with Gasteiger partial charge in [-0.05, 0) is 0 Å². The van der Waals surface area contributed by atoms with Gasteiger partial charge in [-0.1, -0.05) is 24.3 Å². The first-order valence-corrected chi connectivity index (χ1v) is 4.98. The Bertz CT molecular complexity index is 498. The lowest BCUT2D eigenvalue weighted by molar-refractivity contribution is 0.278. The zero-order valence-electron chi connectivity index (χ0n) is 7.71. The topological polar surface area (TPSA) is 50.4 Å². The highest BCUT2D eigenvalue weighted by Crippen LogP contribution is 2.24. The molecule has 1 aromatic carbocycles. The Balaban J connectivity index is 2.42. The standard InChI is InChI=1S/C10H7N3OS/c1-11-8-4-2-7(3-5-8)10-9(6-14)12-15-13-10/h2-5,14H,6H2. The van der Waals surface area contributed by atoms with Crippen LogP contribution in [-0.4, -0.2) is 13.9 Å². The van der Waals surface area contributed by atoms with E-state index in [-0.39, 0.29) is 6.61 Å². The summed E-state index contributed by atoms with van der Waals surface area (Å²) >= 11 is 1.08. The molecule has 0 fully saturated rings. The molecule has 0 unspecified atom stereocenters. The summed E-state index contributed by atoms with van der Waals surface area (Å²) in [6.07, 6.45) is 0. The van der Waals surface area contributed by atoms with Crippen molar-refractivity contribution >= 4 is 17.4 Å². The molecule has 0 spiro atoms. The maximum absolute atomic E-state index is 9.03. The highest BCUT2D eigenvalue weighted by atomic mass is 32.1. The van der Waals surface area contributed by atoms with Gasteiger partial charge in [0.15, 0.2) is 5.69 Å². The van der Waals surface area contributed by atoms with Crippen molar-refractivity contribution < 1.29 is 5.11 Å². The molecule has 0 radical (unpaired) electrons. The summed E-state index contributed by atoms with van der Waals surface area (Å²) in [4.78, 5) is 3.30. The minimum atomic E-state index is -0.115. The molecule has 74 valence electrons. The second-order valence-corrected chi connectivity index (χ2v) is 3.40. The lowest BCUT2D eigenvalue weighted by atomic mass is 10.1. The van der Waals surface area contributed by atoms with E-state index in [4.69, 9.17) is 11.7 Å². The van der Waals surface area contributed by atoms with Crippen molar-refractivity contribution in [2.75, 3.05) is 0 Å². The normalized spacial score (nSPS) is 9.87. The Morgan fingerprint density at radius 1 is 1.27 bits per heavy atom. The van der Waals surface area contributed by atoms with E-state index < -0.39 is 0 Å². The smallest absolute Gasteiger partial charge is 0.187 e. The quantitative estimate of drug-likeness (QED) is 0.785. The van der Waals surface area contributed by atoms with Gasteiger partial charge >= 0.3 is 0 Å². The Labute approximate surface area is 91.0 Å². The second-order valence-electron chi connectivity index (χ2n) is 2.88. The molecule has 1 aromatic heterocycles. The van der Waals surface area contributed by atoms with E-state index in [1.54, 1.807) is 12.1 Å². The number of aliphatic hydroxyl groups is 1. The van der Waals surface area contributed by atoms with E-state index in [1.165, 1.54) is 0 Å². The van der Waals surface area contributed by atoms with Gasteiger partial charge < -0.3 is 5.11 Å². The zero-order valence-corrected chi connectivity index (χ0v) is 8.53. The Morgan fingerprint density at radius 3 is 2.60 bits per heavy atom. The average Bonchev–Trinajstić information content (AvgIpc) is 2.77. The molecule has 5 heteroatoms. The molecule has 15 heavy (non-hydrogen) atoms. The van der Waals surface area contributed by atoms with Crippen LogP contribution in [0.5, 0.6) is 0 Å². The van der Waals surface area contributed by atoms with Gasteiger partial charge in [0.25, 0.3) is 0 Å². The molecule has 1 heterocycles. The fourth-order valence-electron chi connectivity index (χ4n) is 1.22.